The van der Waals surface area contributed by atoms with Crippen LogP contribution in [0.25, 0.3) is 0 Å². The molecule has 0 aliphatic carbocycles. The lowest BCUT2D eigenvalue weighted by atomic mass is 10.1. The maximum atomic E-state index is 5.90. The first-order chi connectivity index (χ1) is 11.1. The van der Waals surface area contributed by atoms with Crippen molar-refractivity contribution in [2.75, 3.05) is 5.32 Å². The summed E-state index contributed by atoms with van der Waals surface area (Å²) in [5, 5.41) is 6.59. The number of nitrogens with two attached hydrogens (primary N) is 1. The summed E-state index contributed by atoms with van der Waals surface area (Å²) in [6.07, 6.45) is 0.935. The normalized spacial score (nSPS) is 11.1. The van der Waals surface area contributed by atoms with Crippen LogP contribution < -0.4 is 16.4 Å². The van der Waals surface area contributed by atoms with Gasteiger partial charge in [-0.1, -0.05) is 55.5 Å². The molecule has 4 nitrogen and oxygen atoms in total. The number of hydrogen-bond acceptors (Lipinski definition) is 2. The van der Waals surface area contributed by atoms with Crippen LogP contribution in [0.5, 0.6) is 0 Å². The maximum absolute atomic E-state index is 5.90. The van der Waals surface area contributed by atoms with Gasteiger partial charge in [-0.15, -0.1) is 0 Å². The van der Waals surface area contributed by atoms with Crippen LogP contribution in [0.4, 0.5) is 5.69 Å². The standard InChI is InChI=1S/C18H22N4S/c1-3-15-11-7-8-13(2)16(15)21-18(23)22-17(19)20-12-14-9-5-4-6-10-14/h4-11H,3,12H2,1-2H3,(H4,19,20,21,22,23). The van der Waals surface area contributed by atoms with Gasteiger partial charge in [-0.25, -0.2) is 4.99 Å². The van der Waals surface area contributed by atoms with Crippen LogP contribution in [-0.2, 0) is 13.0 Å². The van der Waals surface area contributed by atoms with E-state index in [4.69, 9.17) is 18.0 Å². The lowest BCUT2D eigenvalue weighted by molar-refractivity contribution is 1.04. The number of anilines is 1. The minimum atomic E-state index is 0.304. The monoisotopic (exact) mass is 326 g/mol. The third-order valence-corrected chi connectivity index (χ3v) is 3.70. The highest BCUT2D eigenvalue weighted by Crippen LogP contribution is 2.20. The van der Waals surface area contributed by atoms with Crippen molar-refractivity contribution >= 4 is 29.0 Å². The van der Waals surface area contributed by atoms with Crippen LogP contribution >= 0.6 is 12.2 Å². The van der Waals surface area contributed by atoms with E-state index in [2.05, 4.69) is 41.6 Å². The van der Waals surface area contributed by atoms with Crippen molar-refractivity contribution in [3.63, 3.8) is 0 Å². The molecule has 120 valence electrons. The Morgan fingerprint density at radius 1 is 1.13 bits per heavy atom. The predicted octanol–water partition coefficient (Wildman–Crippen LogP) is 3.36. The number of nitrogens with zero attached hydrogens (tertiary/aromatic N) is 1. The zero-order valence-corrected chi connectivity index (χ0v) is 14.3. The number of para-hydroxylation sites is 1. The molecule has 0 aliphatic heterocycles. The van der Waals surface area contributed by atoms with E-state index >= 15 is 0 Å². The molecule has 0 atom stereocenters. The molecule has 0 saturated heterocycles. The van der Waals surface area contributed by atoms with Gasteiger partial charge in [0, 0.05) is 5.69 Å². The summed E-state index contributed by atoms with van der Waals surface area (Å²) >= 11 is 5.33. The number of aryl methyl sites for hydroxylation is 2. The van der Waals surface area contributed by atoms with Gasteiger partial charge >= 0.3 is 0 Å². The van der Waals surface area contributed by atoms with Crippen LogP contribution in [0, 0.1) is 6.92 Å². The van der Waals surface area contributed by atoms with E-state index in [-0.39, 0.29) is 0 Å². The molecule has 4 N–H and O–H groups in total. The Balaban J connectivity index is 1.97. The number of nitrogens with one attached hydrogen (secondary N) is 2. The molecule has 23 heavy (non-hydrogen) atoms. The zero-order chi connectivity index (χ0) is 16.7. The summed E-state index contributed by atoms with van der Waals surface area (Å²) in [6.45, 7) is 4.69. The molecule has 2 aromatic rings. The summed E-state index contributed by atoms with van der Waals surface area (Å²) in [5.41, 5.74) is 10.4. The molecule has 0 spiro atoms. The quantitative estimate of drug-likeness (QED) is 0.458. The Morgan fingerprint density at radius 2 is 1.87 bits per heavy atom. The van der Waals surface area contributed by atoms with E-state index in [9.17, 15) is 0 Å². The molecule has 0 unspecified atom stereocenters. The highest BCUT2D eigenvalue weighted by Gasteiger charge is 2.06. The minimum absolute atomic E-state index is 0.304. The second-order valence-electron chi connectivity index (χ2n) is 5.23. The Bertz CT molecular complexity index is 695. The van der Waals surface area contributed by atoms with Gasteiger partial charge in [-0.2, -0.15) is 0 Å². The summed E-state index contributed by atoms with van der Waals surface area (Å²) in [6, 6.07) is 16.1. The molecule has 2 rings (SSSR count). The van der Waals surface area contributed by atoms with Crippen LogP contribution in [-0.4, -0.2) is 11.1 Å². The zero-order valence-electron chi connectivity index (χ0n) is 13.5. The van der Waals surface area contributed by atoms with Crippen molar-refractivity contribution in [2.45, 2.75) is 26.8 Å². The molecule has 0 fully saturated rings. The number of rotatable bonds is 4. The van der Waals surface area contributed by atoms with Crippen LogP contribution in [0.2, 0.25) is 0 Å². The van der Waals surface area contributed by atoms with Crippen molar-refractivity contribution in [1.82, 2.24) is 5.32 Å². The summed E-state index contributed by atoms with van der Waals surface area (Å²) < 4.78 is 0. The van der Waals surface area contributed by atoms with E-state index in [1.165, 1.54) is 5.56 Å². The first-order valence-corrected chi connectivity index (χ1v) is 8.01. The third kappa shape index (κ3) is 5.07. The lowest BCUT2D eigenvalue weighted by Gasteiger charge is -2.15. The molecule has 0 aliphatic rings. The van der Waals surface area contributed by atoms with Gasteiger partial charge in [0.25, 0.3) is 0 Å². The molecule has 0 heterocycles. The first-order valence-electron chi connectivity index (χ1n) is 7.60. The van der Waals surface area contributed by atoms with Gasteiger partial charge in [0.15, 0.2) is 11.1 Å². The highest BCUT2D eigenvalue weighted by atomic mass is 32.1. The molecule has 0 bridgehead atoms. The van der Waals surface area contributed by atoms with Crippen molar-refractivity contribution in [2.24, 2.45) is 10.7 Å². The lowest BCUT2D eigenvalue weighted by Crippen LogP contribution is -2.39. The second-order valence-corrected chi connectivity index (χ2v) is 5.64. The molecular formula is C18H22N4S. The van der Waals surface area contributed by atoms with Crippen molar-refractivity contribution in [3.8, 4) is 0 Å². The number of aliphatic imine (C=N–C) groups is 1. The minimum Gasteiger partial charge on any atom is -0.370 e. The average Bonchev–Trinajstić information content (AvgIpc) is 2.55. The number of hydrogen-bond donors (Lipinski definition) is 3. The van der Waals surface area contributed by atoms with Crippen LogP contribution in [0.15, 0.2) is 53.5 Å². The van der Waals surface area contributed by atoms with Crippen LogP contribution in [0.3, 0.4) is 0 Å². The number of benzene rings is 2. The van der Waals surface area contributed by atoms with Gasteiger partial charge in [-0.05, 0) is 42.3 Å². The van der Waals surface area contributed by atoms with Gasteiger partial charge < -0.3 is 16.4 Å². The molecule has 2 aromatic carbocycles. The molecule has 0 amide bonds. The largest absolute Gasteiger partial charge is 0.370 e. The second kappa shape index (κ2) is 8.29. The summed E-state index contributed by atoms with van der Waals surface area (Å²) in [4.78, 5) is 4.30. The average molecular weight is 326 g/mol. The van der Waals surface area contributed by atoms with Gasteiger partial charge in [0.1, 0.15) is 0 Å². The van der Waals surface area contributed by atoms with E-state index in [0.29, 0.717) is 17.6 Å². The highest BCUT2D eigenvalue weighted by molar-refractivity contribution is 7.80. The molecular weight excluding hydrogens is 304 g/mol. The van der Waals surface area contributed by atoms with Crippen molar-refractivity contribution < 1.29 is 0 Å². The molecule has 0 aromatic heterocycles. The fraction of sp³-hybridized carbons (Fsp3) is 0.222. The van der Waals surface area contributed by atoms with Gasteiger partial charge in [0.2, 0.25) is 0 Å². The smallest absolute Gasteiger partial charge is 0.195 e. The van der Waals surface area contributed by atoms with E-state index in [1.807, 2.05) is 36.4 Å². The fourth-order valence-corrected chi connectivity index (χ4v) is 2.47. The summed E-state index contributed by atoms with van der Waals surface area (Å²) in [5.74, 6) is 0.304. The third-order valence-electron chi connectivity index (χ3n) is 3.49. The Hall–Kier alpha value is -2.40. The Morgan fingerprint density at radius 3 is 2.57 bits per heavy atom. The van der Waals surface area contributed by atoms with E-state index < -0.39 is 0 Å². The van der Waals surface area contributed by atoms with Gasteiger partial charge in [0.05, 0.1) is 6.54 Å². The molecule has 5 heteroatoms. The number of guanidine groups is 1. The number of thiocarbonyl (C=S) groups is 1. The SMILES string of the molecule is CCc1cccc(C)c1NC(=S)NC(N)=NCc1ccccc1. The predicted molar refractivity (Wildman–Crippen MR) is 102 cm³/mol. The first kappa shape index (κ1) is 17.0. The van der Waals surface area contributed by atoms with Gasteiger partial charge in [-0.3, -0.25) is 0 Å². The summed E-state index contributed by atoms with van der Waals surface area (Å²) in [7, 11) is 0. The van der Waals surface area contributed by atoms with Crippen molar-refractivity contribution in [3.05, 3.63) is 65.2 Å². The van der Waals surface area contributed by atoms with Crippen LogP contribution in [0.1, 0.15) is 23.6 Å². The Kier molecular flexibility index (Phi) is 6.11. The fourth-order valence-electron chi connectivity index (χ4n) is 2.26. The van der Waals surface area contributed by atoms with E-state index in [1.54, 1.807) is 0 Å². The Labute approximate surface area is 142 Å². The molecule has 0 saturated carbocycles. The molecule has 0 radical (unpaired) electrons. The maximum Gasteiger partial charge on any atom is 0.195 e. The van der Waals surface area contributed by atoms with Crippen molar-refractivity contribution in [1.29, 1.82) is 0 Å². The topological polar surface area (TPSA) is 62.4 Å². The van der Waals surface area contributed by atoms with E-state index in [0.717, 1.165) is 23.2 Å².